The lowest BCUT2D eigenvalue weighted by Gasteiger charge is -2.07. The SMILES string of the molecule is CCc1ccc(/C=C/I)c2ccccc12. The highest BCUT2D eigenvalue weighted by atomic mass is 127. The van der Waals surface area contributed by atoms with Gasteiger partial charge in [0.1, 0.15) is 0 Å². The van der Waals surface area contributed by atoms with Gasteiger partial charge in [0.15, 0.2) is 0 Å². The zero-order chi connectivity index (χ0) is 10.7. The van der Waals surface area contributed by atoms with Gasteiger partial charge in [0, 0.05) is 0 Å². The van der Waals surface area contributed by atoms with Gasteiger partial charge in [-0.2, -0.15) is 0 Å². The molecule has 0 amide bonds. The summed E-state index contributed by atoms with van der Waals surface area (Å²) in [4.78, 5) is 0. The Morgan fingerprint density at radius 3 is 2.47 bits per heavy atom. The van der Waals surface area contributed by atoms with Crippen molar-refractivity contribution in [1.29, 1.82) is 0 Å². The quantitative estimate of drug-likeness (QED) is 0.699. The summed E-state index contributed by atoms with van der Waals surface area (Å²) in [5, 5.41) is 2.73. The number of rotatable bonds is 2. The van der Waals surface area contributed by atoms with Crippen LogP contribution >= 0.6 is 22.6 Å². The minimum Gasteiger partial charge on any atom is -0.0616 e. The van der Waals surface area contributed by atoms with Crippen LogP contribution in [0, 0.1) is 0 Å². The molecule has 0 saturated carbocycles. The normalized spacial score (nSPS) is 11.3. The molecule has 0 spiro atoms. The monoisotopic (exact) mass is 308 g/mol. The fourth-order valence-electron chi connectivity index (χ4n) is 1.91. The minimum absolute atomic E-state index is 1.09. The largest absolute Gasteiger partial charge is 0.0616 e. The van der Waals surface area contributed by atoms with Crippen LogP contribution in [0.2, 0.25) is 0 Å². The van der Waals surface area contributed by atoms with Crippen LogP contribution < -0.4 is 0 Å². The maximum atomic E-state index is 2.26. The van der Waals surface area contributed by atoms with Gasteiger partial charge in [0.25, 0.3) is 0 Å². The van der Waals surface area contributed by atoms with Crippen molar-refractivity contribution >= 4 is 39.4 Å². The Labute approximate surface area is 104 Å². The maximum absolute atomic E-state index is 2.26. The second-order valence-electron chi connectivity index (χ2n) is 3.51. The van der Waals surface area contributed by atoms with Gasteiger partial charge in [0.05, 0.1) is 0 Å². The average Bonchev–Trinajstić information content (AvgIpc) is 2.30. The first-order chi connectivity index (χ1) is 7.36. The number of benzene rings is 2. The molecule has 2 aromatic rings. The van der Waals surface area contributed by atoms with Crippen LogP contribution in [0.1, 0.15) is 18.1 Å². The molecular formula is C14H13I. The van der Waals surface area contributed by atoms with Crippen molar-refractivity contribution < 1.29 is 0 Å². The number of hydrogen-bond donors (Lipinski definition) is 0. The van der Waals surface area contributed by atoms with E-state index in [0.717, 1.165) is 6.42 Å². The molecule has 0 unspecified atom stereocenters. The van der Waals surface area contributed by atoms with Gasteiger partial charge < -0.3 is 0 Å². The molecule has 0 aliphatic carbocycles. The molecule has 0 radical (unpaired) electrons. The second kappa shape index (κ2) is 4.79. The topological polar surface area (TPSA) is 0 Å². The zero-order valence-corrected chi connectivity index (χ0v) is 10.9. The van der Waals surface area contributed by atoms with Gasteiger partial charge in [-0.3, -0.25) is 0 Å². The van der Waals surface area contributed by atoms with Crippen LogP contribution in [0.4, 0.5) is 0 Å². The molecule has 0 bridgehead atoms. The van der Waals surface area contributed by atoms with Crippen molar-refractivity contribution in [3.63, 3.8) is 0 Å². The van der Waals surface area contributed by atoms with E-state index < -0.39 is 0 Å². The Morgan fingerprint density at radius 2 is 1.80 bits per heavy atom. The average molecular weight is 308 g/mol. The van der Waals surface area contributed by atoms with Gasteiger partial charge in [-0.1, -0.05) is 65.9 Å². The maximum Gasteiger partial charge on any atom is -0.0109 e. The van der Waals surface area contributed by atoms with E-state index in [-0.39, 0.29) is 0 Å². The molecule has 0 fully saturated rings. The first-order valence-electron chi connectivity index (χ1n) is 5.14. The summed E-state index contributed by atoms with van der Waals surface area (Å²) in [6, 6.07) is 13.1. The highest BCUT2D eigenvalue weighted by Crippen LogP contribution is 2.24. The predicted octanol–water partition coefficient (Wildman–Crippen LogP) is 4.81. The Kier molecular flexibility index (Phi) is 3.41. The molecule has 2 aromatic carbocycles. The molecule has 0 aliphatic heterocycles. The third kappa shape index (κ3) is 2.07. The van der Waals surface area contributed by atoms with Crippen LogP contribution in [-0.2, 0) is 6.42 Å². The molecule has 76 valence electrons. The lowest BCUT2D eigenvalue weighted by molar-refractivity contribution is 1.16. The first kappa shape index (κ1) is 10.7. The highest BCUT2D eigenvalue weighted by Gasteiger charge is 2.01. The summed E-state index contributed by atoms with van der Waals surface area (Å²) in [5.41, 5.74) is 2.73. The van der Waals surface area contributed by atoms with Gasteiger partial charge in [-0.25, -0.2) is 0 Å². The molecule has 0 aromatic heterocycles. The predicted molar refractivity (Wildman–Crippen MR) is 76.4 cm³/mol. The van der Waals surface area contributed by atoms with Gasteiger partial charge in [0.2, 0.25) is 0 Å². The van der Waals surface area contributed by atoms with Crippen LogP contribution in [0.5, 0.6) is 0 Å². The Balaban J connectivity index is 2.77. The zero-order valence-electron chi connectivity index (χ0n) is 8.70. The molecule has 2 rings (SSSR count). The highest BCUT2D eigenvalue weighted by molar-refractivity contribution is 14.1. The fraction of sp³-hybridized carbons (Fsp3) is 0.143. The molecule has 0 nitrogen and oxygen atoms in total. The van der Waals surface area contributed by atoms with E-state index in [2.05, 4.69) is 76.1 Å². The summed E-state index contributed by atoms with van der Waals surface area (Å²) < 4.78 is 2.06. The molecule has 0 N–H and O–H groups in total. The van der Waals surface area contributed by atoms with E-state index >= 15 is 0 Å². The van der Waals surface area contributed by atoms with Crippen molar-refractivity contribution in [3.05, 3.63) is 51.6 Å². The van der Waals surface area contributed by atoms with Gasteiger partial charge >= 0.3 is 0 Å². The summed E-state index contributed by atoms with van der Waals surface area (Å²) >= 11 is 2.26. The van der Waals surface area contributed by atoms with Crippen molar-refractivity contribution in [3.8, 4) is 0 Å². The molecule has 15 heavy (non-hydrogen) atoms. The van der Waals surface area contributed by atoms with Crippen LogP contribution in [0.15, 0.2) is 40.5 Å². The third-order valence-electron chi connectivity index (χ3n) is 2.67. The Bertz CT molecular complexity index is 498. The van der Waals surface area contributed by atoms with E-state index in [1.54, 1.807) is 0 Å². The van der Waals surface area contributed by atoms with Crippen molar-refractivity contribution in [2.45, 2.75) is 13.3 Å². The molecule has 0 saturated heterocycles. The first-order valence-corrected chi connectivity index (χ1v) is 6.38. The number of aryl methyl sites for hydroxylation is 1. The molecule has 1 heteroatoms. The lowest BCUT2D eigenvalue weighted by Crippen LogP contribution is -1.85. The Hall–Kier alpha value is -0.830. The smallest absolute Gasteiger partial charge is 0.0109 e. The van der Waals surface area contributed by atoms with Gasteiger partial charge in [-0.05, 0) is 38.5 Å². The summed E-state index contributed by atoms with van der Waals surface area (Å²) in [6.45, 7) is 2.20. The van der Waals surface area contributed by atoms with Crippen LogP contribution in [-0.4, -0.2) is 0 Å². The lowest BCUT2D eigenvalue weighted by atomic mass is 9.98. The van der Waals surface area contributed by atoms with E-state index in [9.17, 15) is 0 Å². The summed E-state index contributed by atoms with van der Waals surface area (Å²) in [6.07, 6.45) is 3.25. The number of hydrogen-bond acceptors (Lipinski definition) is 0. The van der Waals surface area contributed by atoms with Crippen molar-refractivity contribution in [2.75, 3.05) is 0 Å². The van der Waals surface area contributed by atoms with E-state index in [1.165, 1.54) is 21.9 Å². The number of halogens is 1. The Morgan fingerprint density at radius 1 is 1.07 bits per heavy atom. The van der Waals surface area contributed by atoms with Crippen molar-refractivity contribution in [2.24, 2.45) is 0 Å². The summed E-state index contributed by atoms with van der Waals surface area (Å²) in [7, 11) is 0. The molecular weight excluding hydrogens is 295 g/mol. The second-order valence-corrected chi connectivity index (χ2v) is 4.22. The van der Waals surface area contributed by atoms with Crippen molar-refractivity contribution in [1.82, 2.24) is 0 Å². The van der Waals surface area contributed by atoms with Crippen LogP contribution in [0.25, 0.3) is 16.8 Å². The van der Waals surface area contributed by atoms with Crippen LogP contribution in [0.3, 0.4) is 0 Å². The van der Waals surface area contributed by atoms with Gasteiger partial charge in [-0.15, -0.1) is 0 Å². The summed E-state index contributed by atoms with van der Waals surface area (Å²) in [5.74, 6) is 0. The van der Waals surface area contributed by atoms with E-state index in [1.807, 2.05) is 0 Å². The van der Waals surface area contributed by atoms with E-state index in [4.69, 9.17) is 0 Å². The number of fused-ring (bicyclic) bond motifs is 1. The third-order valence-corrected chi connectivity index (χ3v) is 3.03. The minimum atomic E-state index is 1.09. The van der Waals surface area contributed by atoms with E-state index in [0.29, 0.717) is 0 Å². The standard InChI is InChI=1S/C14H13I/c1-2-11-7-8-12(9-10-15)14-6-4-3-5-13(11)14/h3-10H,2H2,1H3/b10-9+. The fourth-order valence-corrected chi connectivity index (χ4v) is 2.29. The molecule has 0 heterocycles. The molecule has 0 aliphatic rings. The molecule has 0 atom stereocenters.